The minimum Gasteiger partial charge on any atom is -0.342 e. The van der Waals surface area contributed by atoms with Gasteiger partial charge in [-0.25, -0.2) is 4.98 Å². The van der Waals surface area contributed by atoms with Crippen molar-refractivity contribution < 1.29 is 4.79 Å². The molecular formula is C23H31N3O2S. The zero-order valence-electron chi connectivity index (χ0n) is 17.3. The molecule has 2 aliphatic carbocycles. The number of H-pyrrole nitrogens is 1. The van der Waals surface area contributed by atoms with Gasteiger partial charge >= 0.3 is 0 Å². The fourth-order valence-electron chi connectivity index (χ4n) is 5.72. The van der Waals surface area contributed by atoms with Crippen LogP contribution in [0, 0.1) is 17.8 Å². The largest absolute Gasteiger partial charge is 0.342 e. The Hall–Kier alpha value is -1.69. The number of aromatic nitrogens is 2. The van der Waals surface area contributed by atoms with Crippen molar-refractivity contribution in [3.8, 4) is 0 Å². The summed E-state index contributed by atoms with van der Waals surface area (Å²) in [5, 5.41) is 0.798. The molecule has 2 aromatic heterocycles. The number of nitrogens with zero attached hydrogens (tertiary/aromatic N) is 2. The molecule has 0 unspecified atom stereocenters. The van der Waals surface area contributed by atoms with Gasteiger partial charge in [0.25, 0.3) is 5.56 Å². The van der Waals surface area contributed by atoms with Crippen LogP contribution in [0.4, 0.5) is 0 Å². The van der Waals surface area contributed by atoms with E-state index in [9.17, 15) is 9.59 Å². The van der Waals surface area contributed by atoms with E-state index in [4.69, 9.17) is 4.98 Å². The van der Waals surface area contributed by atoms with Crippen molar-refractivity contribution in [1.82, 2.24) is 14.9 Å². The van der Waals surface area contributed by atoms with Gasteiger partial charge in [0.15, 0.2) is 0 Å². The molecule has 3 heterocycles. The highest BCUT2D eigenvalue weighted by atomic mass is 32.1. The number of carbonyl (C=O) groups is 1. The molecule has 1 saturated carbocycles. The quantitative estimate of drug-likeness (QED) is 0.824. The summed E-state index contributed by atoms with van der Waals surface area (Å²) >= 11 is 1.68. The number of thiophene rings is 1. The average molecular weight is 414 g/mol. The predicted molar refractivity (Wildman–Crippen MR) is 116 cm³/mol. The lowest BCUT2D eigenvalue weighted by Gasteiger charge is -2.41. The van der Waals surface area contributed by atoms with Gasteiger partial charge < -0.3 is 9.88 Å². The number of fused-ring (bicyclic) bond motifs is 4. The van der Waals surface area contributed by atoms with Crippen LogP contribution in [0.3, 0.4) is 0 Å². The maximum absolute atomic E-state index is 12.8. The molecule has 2 aromatic rings. The summed E-state index contributed by atoms with van der Waals surface area (Å²) in [5.41, 5.74) is 1.20. The van der Waals surface area contributed by atoms with Crippen molar-refractivity contribution in [3.05, 3.63) is 26.6 Å². The minimum absolute atomic E-state index is 0.0208. The number of likely N-dealkylation sites (tertiary alicyclic amines) is 1. The molecule has 2 fully saturated rings. The first-order chi connectivity index (χ1) is 14.1. The molecule has 1 aliphatic heterocycles. The van der Waals surface area contributed by atoms with E-state index in [-0.39, 0.29) is 11.5 Å². The fraction of sp³-hybridized carbons (Fsp3) is 0.696. The topological polar surface area (TPSA) is 66.1 Å². The maximum atomic E-state index is 12.8. The Kier molecular flexibility index (Phi) is 5.23. The lowest BCUT2D eigenvalue weighted by Crippen LogP contribution is -2.44. The van der Waals surface area contributed by atoms with Crippen LogP contribution >= 0.6 is 11.3 Å². The highest BCUT2D eigenvalue weighted by molar-refractivity contribution is 7.18. The molecule has 1 saturated heterocycles. The molecule has 0 radical (unpaired) electrons. The van der Waals surface area contributed by atoms with Crippen molar-refractivity contribution in [2.45, 2.75) is 71.1 Å². The number of aryl methyl sites for hydroxylation is 2. The monoisotopic (exact) mass is 413 g/mol. The maximum Gasteiger partial charge on any atom is 0.259 e. The summed E-state index contributed by atoms with van der Waals surface area (Å²) in [7, 11) is 0. The Morgan fingerprint density at radius 2 is 2.03 bits per heavy atom. The van der Waals surface area contributed by atoms with Gasteiger partial charge in [-0.3, -0.25) is 9.59 Å². The highest BCUT2D eigenvalue weighted by Crippen LogP contribution is 2.37. The lowest BCUT2D eigenvalue weighted by molar-refractivity contribution is -0.134. The van der Waals surface area contributed by atoms with Crippen LogP contribution in [-0.4, -0.2) is 33.9 Å². The molecule has 0 bridgehead atoms. The molecule has 0 aromatic carbocycles. The van der Waals surface area contributed by atoms with E-state index >= 15 is 0 Å². The van der Waals surface area contributed by atoms with Crippen molar-refractivity contribution in [2.75, 3.05) is 13.1 Å². The number of carbonyl (C=O) groups excluding carboxylic acids is 1. The van der Waals surface area contributed by atoms with E-state index < -0.39 is 0 Å². The second-order valence-electron chi connectivity index (χ2n) is 9.48. The van der Waals surface area contributed by atoms with Gasteiger partial charge in [0.05, 0.1) is 5.39 Å². The summed E-state index contributed by atoms with van der Waals surface area (Å²) in [6.45, 7) is 4.11. The summed E-state index contributed by atoms with van der Waals surface area (Å²) < 4.78 is 0. The van der Waals surface area contributed by atoms with Gasteiger partial charge in [-0.15, -0.1) is 11.3 Å². The summed E-state index contributed by atoms with van der Waals surface area (Å²) in [4.78, 5) is 37.5. The van der Waals surface area contributed by atoms with Crippen LogP contribution in [0.25, 0.3) is 10.2 Å². The number of piperidine rings is 1. The molecule has 6 heteroatoms. The van der Waals surface area contributed by atoms with Gasteiger partial charge in [-0.1, -0.05) is 26.2 Å². The van der Waals surface area contributed by atoms with E-state index in [1.807, 2.05) is 0 Å². The first-order valence-corrected chi connectivity index (χ1v) is 12.2. The predicted octanol–water partition coefficient (Wildman–Crippen LogP) is 4.08. The molecule has 156 valence electrons. The van der Waals surface area contributed by atoms with Gasteiger partial charge in [-0.2, -0.15) is 0 Å². The molecular weight excluding hydrogens is 382 g/mol. The Bertz CT molecular complexity index is 978. The van der Waals surface area contributed by atoms with E-state index in [2.05, 4.69) is 16.8 Å². The Morgan fingerprint density at radius 3 is 2.90 bits per heavy atom. The zero-order valence-corrected chi connectivity index (χ0v) is 18.2. The third kappa shape index (κ3) is 3.76. The van der Waals surface area contributed by atoms with E-state index in [1.54, 1.807) is 11.3 Å². The van der Waals surface area contributed by atoms with Crippen molar-refractivity contribution in [2.24, 2.45) is 17.8 Å². The SMILES string of the molecule is C[C@H]1CCc2c(sc3nc(CCC(=O)N4CC[C@H]5CCCC[C@@H]5C4)[nH]c(=O)c23)C1. The van der Waals surface area contributed by atoms with Crippen LogP contribution in [0.1, 0.15) is 68.1 Å². The van der Waals surface area contributed by atoms with Crippen molar-refractivity contribution >= 4 is 27.5 Å². The Balaban J connectivity index is 1.27. The third-order valence-corrected chi connectivity index (χ3v) is 8.58. The molecule has 1 amide bonds. The highest BCUT2D eigenvalue weighted by Gasteiger charge is 2.32. The number of rotatable bonds is 3. The number of nitrogens with one attached hydrogen (secondary N) is 1. The number of hydrogen-bond acceptors (Lipinski definition) is 4. The van der Waals surface area contributed by atoms with Gasteiger partial charge in [-0.05, 0) is 55.4 Å². The molecule has 29 heavy (non-hydrogen) atoms. The summed E-state index contributed by atoms with van der Waals surface area (Å²) in [6.07, 6.45) is 10.6. The number of aromatic amines is 1. The van der Waals surface area contributed by atoms with Crippen LogP contribution in [0.5, 0.6) is 0 Å². The Morgan fingerprint density at radius 1 is 1.21 bits per heavy atom. The third-order valence-electron chi connectivity index (χ3n) is 7.43. The molecule has 3 atom stereocenters. The number of hydrogen-bond donors (Lipinski definition) is 1. The van der Waals surface area contributed by atoms with Gasteiger partial charge in [0, 0.05) is 30.8 Å². The second kappa shape index (κ2) is 7.86. The van der Waals surface area contributed by atoms with E-state index in [0.29, 0.717) is 30.5 Å². The van der Waals surface area contributed by atoms with Crippen LogP contribution in [0.2, 0.25) is 0 Å². The van der Waals surface area contributed by atoms with E-state index in [0.717, 1.165) is 54.9 Å². The molecule has 3 aliphatic rings. The minimum atomic E-state index is -0.0208. The fourth-order valence-corrected chi connectivity index (χ4v) is 7.12. The first-order valence-electron chi connectivity index (χ1n) is 11.4. The number of amides is 1. The van der Waals surface area contributed by atoms with Crippen LogP contribution in [-0.2, 0) is 24.1 Å². The molecule has 5 nitrogen and oxygen atoms in total. The summed E-state index contributed by atoms with van der Waals surface area (Å²) in [5.74, 6) is 3.10. The first kappa shape index (κ1) is 19.3. The van der Waals surface area contributed by atoms with Crippen LogP contribution < -0.4 is 5.56 Å². The zero-order chi connectivity index (χ0) is 20.0. The smallest absolute Gasteiger partial charge is 0.259 e. The normalized spacial score (nSPS) is 26.9. The second-order valence-corrected chi connectivity index (χ2v) is 10.6. The van der Waals surface area contributed by atoms with Crippen molar-refractivity contribution in [3.63, 3.8) is 0 Å². The van der Waals surface area contributed by atoms with E-state index in [1.165, 1.54) is 36.1 Å². The standard InChI is InChI=1S/C23H31N3O2S/c1-14-6-7-17-18(12-14)29-23-21(17)22(28)24-19(25-23)8-9-20(27)26-11-10-15-4-2-3-5-16(15)13-26/h14-16H,2-13H2,1H3,(H,24,25,28)/t14-,15+,16+/m0/s1. The lowest BCUT2D eigenvalue weighted by atomic mass is 9.75. The summed E-state index contributed by atoms with van der Waals surface area (Å²) in [6, 6.07) is 0. The van der Waals surface area contributed by atoms with Crippen molar-refractivity contribution in [1.29, 1.82) is 0 Å². The van der Waals surface area contributed by atoms with Gasteiger partial charge in [0.1, 0.15) is 10.7 Å². The average Bonchev–Trinajstić information content (AvgIpc) is 3.09. The molecule has 0 spiro atoms. The Labute approximate surface area is 175 Å². The van der Waals surface area contributed by atoms with Crippen LogP contribution in [0.15, 0.2) is 4.79 Å². The van der Waals surface area contributed by atoms with Gasteiger partial charge in [0.2, 0.25) is 5.91 Å². The molecule has 5 rings (SSSR count). The molecule has 1 N–H and O–H groups in total.